The minimum Gasteiger partial charge on any atom is -0.490 e. The first-order valence-corrected chi connectivity index (χ1v) is 6.12. The van der Waals surface area contributed by atoms with Gasteiger partial charge in [0, 0.05) is 10.1 Å². The molecule has 1 aromatic heterocycles. The highest BCUT2D eigenvalue weighted by Gasteiger charge is 2.10. The van der Waals surface area contributed by atoms with Crippen LogP contribution in [0.1, 0.15) is 6.92 Å². The minimum absolute atomic E-state index is 0.284. The van der Waals surface area contributed by atoms with Crippen molar-refractivity contribution in [1.29, 1.82) is 0 Å². The first-order valence-electron chi connectivity index (χ1n) is 4.22. The summed E-state index contributed by atoms with van der Waals surface area (Å²) in [5.41, 5.74) is 0. The van der Waals surface area contributed by atoms with Crippen molar-refractivity contribution in [2.45, 2.75) is 6.92 Å². The molecule has 0 unspecified atom stereocenters. The molecule has 74 valence electrons. The Kier molecular flexibility index (Phi) is 2.92. The van der Waals surface area contributed by atoms with Crippen molar-refractivity contribution in [3.8, 4) is 5.75 Å². The average Bonchev–Trinajstić information content (AvgIpc) is 2.51. The van der Waals surface area contributed by atoms with E-state index in [0.717, 1.165) is 13.0 Å². The fourth-order valence-electron chi connectivity index (χ4n) is 1.32. The molecule has 2 aromatic rings. The summed E-state index contributed by atoms with van der Waals surface area (Å²) in [6.45, 7) is 2.35. The van der Waals surface area contributed by atoms with Crippen LogP contribution in [0.15, 0.2) is 18.2 Å². The summed E-state index contributed by atoms with van der Waals surface area (Å²) in [4.78, 5) is 0. The maximum atomic E-state index is 13.4. The number of fused-ring (bicyclic) bond motifs is 1. The topological polar surface area (TPSA) is 9.23 Å². The van der Waals surface area contributed by atoms with Crippen LogP contribution in [0.5, 0.6) is 5.75 Å². The summed E-state index contributed by atoms with van der Waals surface area (Å²) in [6.07, 6.45) is 0. The monoisotopic (exact) mass is 322 g/mol. The second-order valence-electron chi connectivity index (χ2n) is 2.77. The summed E-state index contributed by atoms with van der Waals surface area (Å²) in [5.74, 6) is 0.0951. The van der Waals surface area contributed by atoms with Crippen LogP contribution in [-0.4, -0.2) is 6.61 Å². The molecule has 0 spiro atoms. The molecule has 1 nitrogen and oxygen atoms in total. The maximum Gasteiger partial charge on any atom is 0.165 e. The highest BCUT2D eigenvalue weighted by atomic mass is 127. The highest BCUT2D eigenvalue weighted by molar-refractivity contribution is 14.1. The van der Waals surface area contributed by atoms with Gasteiger partial charge < -0.3 is 4.74 Å². The van der Waals surface area contributed by atoms with Crippen molar-refractivity contribution < 1.29 is 9.13 Å². The molecule has 4 heteroatoms. The van der Waals surface area contributed by atoms with Crippen LogP contribution in [0.4, 0.5) is 4.39 Å². The molecule has 0 aliphatic heterocycles. The van der Waals surface area contributed by atoms with Crippen LogP contribution >= 0.6 is 33.9 Å². The molecule has 0 N–H and O–H groups in total. The molecule has 1 aromatic carbocycles. The lowest BCUT2D eigenvalue weighted by Crippen LogP contribution is -1.94. The standard InChI is InChI=1S/C10H8FIOS/c1-2-13-10-6-5-9(12)14-8(6)4-3-7(10)11/h3-5H,2H2,1H3. The van der Waals surface area contributed by atoms with Crippen molar-refractivity contribution in [2.75, 3.05) is 6.61 Å². The highest BCUT2D eigenvalue weighted by Crippen LogP contribution is 2.35. The van der Waals surface area contributed by atoms with Gasteiger partial charge in [0.15, 0.2) is 11.6 Å². The first kappa shape index (κ1) is 10.2. The second-order valence-corrected chi connectivity index (χ2v) is 5.75. The summed E-state index contributed by atoms with van der Waals surface area (Å²) in [5, 5.41) is 0.876. The SMILES string of the molecule is CCOc1c(F)ccc2sc(I)cc12. The maximum absolute atomic E-state index is 13.4. The molecule has 0 radical (unpaired) electrons. The third kappa shape index (κ3) is 1.72. The van der Waals surface area contributed by atoms with Crippen LogP contribution < -0.4 is 4.74 Å². The van der Waals surface area contributed by atoms with E-state index in [0.29, 0.717) is 12.4 Å². The quantitative estimate of drug-likeness (QED) is 0.758. The lowest BCUT2D eigenvalue weighted by molar-refractivity contribution is 0.326. The number of halogens is 2. The molecule has 0 amide bonds. The second kappa shape index (κ2) is 4.02. The molecular formula is C10H8FIOS. The van der Waals surface area contributed by atoms with Gasteiger partial charge >= 0.3 is 0 Å². The van der Waals surface area contributed by atoms with Gasteiger partial charge in [0.05, 0.1) is 9.49 Å². The fourth-order valence-corrected chi connectivity index (χ4v) is 3.13. The Morgan fingerprint density at radius 2 is 2.29 bits per heavy atom. The molecule has 2 rings (SSSR count). The van der Waals surface area contributed by atoms with Gasteiger partial charge in [-0.15, -0.1) is 11.3 Å². The molecular weight excluding hydrogens is 314 g/mol. The molecule has 0 saturated heterocycles. The molecule has 0 aliphatic rings. The van der Waals surface area contributed by atoms with Crippen LogP contribution in [0.25, 0.3) is 10.1 Å². The predicted octanol–water partition coefficient (Wildman–Crippen LogP) is 4.04. The van der Waals surface area contributed by atoms with Gasteiger partial charge in [-0.3, -0.25) is 0 Å². The Labute approximate surface area is 99.0 Å². The van der Waals surface area contributed by atoms with Gasteiger partial charge in [-0.05, 0) is 47.7 Å². The predicted molar refractivity (Wildman–Crippen MR) is 65.7 cm³/mol. The molecule has 0 saturated carbocycles. The van der Waals surface area contributed by atoms with E-state index in [2.05, 4.69) is 22.6 Å². The van der Waals surface area contributed by atoms with Crippen LogP contribution in [0.2, 0.25) is 0 Å². The van der Waals surface area contributed by atoms with Crippen molar-refractivity contribution in [1.82, 2.24) is 0 Å². The van der Waals surface area contributed by atoms with E-state index >= 15 is 0 Å². The summed E-state index contributed by atoms with van der Waals surface area (Å²) in [6, 6.07) is 5.20. The molecule has 0 bridgehead atoms. The number of thiophene rings is 1. The number of rotatable bonds is 2. The van der Waals surface area contributed by atoms with Crippen molar-refractivity contribution in [3.63, 3.8) is 0 Å². The van der Waals surface area contributed by atoms with Gasteiger partial charge in [-0.25, -0.2) is 4.39 Å². The fraction of sp³-hybridized carbons (Fsp3) is 0.200. The summed E-state index contributed by atoms with van der Waals surface area (Å²) in [7, 11) is 0. The molecule has 0 fully saturated rings. The van der Waals surface area contributed by atoms with Crippen LogP contribution in [-0.2, 0) is 0 Å². The smallest absolute Gasteiger partial charge is 0.165 e. The van der Waals surface area contributed by atoms with E-state index < -0.39 is 0 Å². The lowest BCUT2D eigenvalue weighted by atomic mass is 10.2. The average molecular weight is 322 g/mol. The third-order valence-electron chi connectivity index (χ3n) is 1.86. The number of hydrogen-bond donors (Lipinski definition) is 0. The largest absolute Gasteiger partial charge is 0.490 e. The zero-order chi connectivity index (χ0) is 10.1. The number of ether oxygens (including phenoxy) is 1. The number of hydrogen-bond acceptors (Lipinski definition) is 2. The van der Waals surface area contributed by atoms with E-state index in [1.54, 1.807) is 17.4 Å². The zero-order valence-corrected chi connectivity index (χ0v) is 10.5. The van der Waals surface area contributed by atoms with Crippen molar-refractivity contribution in [3.05, 3.63) is 26.9 Å². The van der Waals surface area contributed by atoms with Gasteiger partial charge in [0.25, 0.3) is 0 Å². The van der Waals surface area contributed by atoms with Crippen molar-refractivity contribution >= 4 is 44.0 Å². The Hall–Kier alpha value is -0.360. The van der Waals surface area contributed by atoms with E-state index in [4.69, 9.17) is 4.74 Å². The molecule has 14 heavy (non-hydrogen) atoms. The molecule has 1 heterocycles. The summed E-state index contributed by atoms with van der Waals surface area (Å²) < 4.78 is 20.9. The number of benzene rings is 1. The van der Waals surface area contributed by atoms with Gasteiger partial charge in [-0.2, -0.15) is 0 Å². The third-order valence-corrected chi connectivity index (χ3v) is 3.72. The Morgan fingerprint density at radius 1 is 1.50 bits per heavy atom. The van der Waals surface area contributed by atoms with E-state index in [1.165, 1.54) is 6.07 Å². The minimum atomic E-state index is -0.284. The molecule has 0 aliphatic carbocycles. The van der Waals surface area contributed by atoms with Crippen LogP contribution in [0, 0.1) is 8.70 Å². The van der Waals surface area contributed by atoms with E-state index in [1.807, 2.05) is 13.0 Å². The van der Waals surface area contributed by atoms with E-state index in [-0.39, 0.29) is 5.82 Å². The van der Waals surface area contributed by atoms with Gasteiger partial charge in [0.2, 0.25) is 0 Å². The molecule has 0 atom stereocenters. The Balaban J connectivity index is 2.68. The Bertz CT molecular complexity index is 466. The summed E-state index contributed by atoms with van der Waals surface area (Å²) >= 11 is 3.87. The van der Waals surface area contributed by atoms with Crippen LogP contribution in [0.3, 0.4) is 0 Å². The van der Waals surface area contributed by atoms with Gasteiger partial charge in [0.1, 0.15) is 0 Å². The van der Waals surface area contributed by atoms with E-state index in [9.17, 15) is 4.39 Å². The van der Waals surface area contributed by atoms with Gasteiger partial charge in [-0.1, -0.05) is 0 Å². The lowest BCUT2D eigenvalue weighted by Gasteiger charge is -2.05. The Morgan fingerprint density at radius 3 is 3.00 bits per heavy atom. The zero-order valence-electron chi connectivity index (χ0n) is 7.51. The first-order chi connectivity index (χ1) is 6.72. The van der Waals surface area contributed by atoms with Crippen molar-refractivity contribution in [2.24, 2.45) is 0 Å². The normalized spacial score (nSPS) is 10.8.